The lowest BCUT2D eigenvalue weighted by atomic mass is 10.0. The van der Waals surface area contributed by atoms with E-state index in [0.717, 1.165) is 83.5 Å². The van der Waals surface area contributed by atoms with E-state index in [9.17, 15) is 14.4 Å². The van der Waals surface area contributed by atoms with Crippen molar-refractivity contribution in [3.63, 3.8) is 0 Å². The first kappa shape index (κ1) is 34.6. The Morgan fingerprint density at radius 1 is 0.730 bits per heavy atom. The third kappa shape index (κ3) is 26.5. The van der Waals surface area contributed by atoms with Crippen LogP contribution in [0.1, 0.15) is 129 Å². The zero-order chi connectivity index (χ0) is 27.4. The van der Waals surface area contributed by atoms with Crippen LogP contribution in [0.2, 0.25) is 0 Å². The molecule has 0 saturated heterocycles. The second-order valence-electron chi connectivity index (χ2n) is 9.62. The van der Waals surface area contributed by atoms with Crippen LogP contribution in [0, 0.1) is 0 Å². The molecule has 0 aliphatic carbocycles. The minimum Gasteiger partial charge on any atom is -0.480 e. The number of rotatable bonds is 25. The summed E-state index contributed by atoms with van der Waals surface area (Å²) in [5, 5.41) is 11.0. The molecule has 0 aromatic heterocycles. The summed E-state index contributed by atoms with van der Waals surface area (Å²) >= 11 is 0. The first-order valence-electron chi connectivity index (χ1n) is 14.6. The highest BCUT2D eigenvalue weighted by Crippen LogP contribution is 2.16. The molecule has 6 heteroatoms. The lowest BCUT2D eigenvalue weighted by molar-refractivity contribution is -0.150. The number of nitrogens with one attached hydrogen (secondary N) is 1. The van der Waals surface area contributed by atoms with Crippen LogP contribution in [0.5, 0.6) is 0 Å². The molecule has 2 N–H and O–H groups in total. The number of carbonyl (C=O) groups excluding carboxylic acids is 2. The van der Waals surface area contributed by atoms with E-state index in [1.807, 2.05) is 0 Å². The molecule has 1 atom stereocenters. The summed E-state index contributed by atoms with van der Waals surface area (Å²) in [6.45, 7) is 3.95. The van der Waals surface area contributed by atoms with Gasteiger partial charge in [0.2, 0.25) is 5.91 Å². The van der Waals surface area contributed by atoms with Crippen molar-refractivity contribution in [2.24, 2.45) is 0 Å². The summed E-state index contributed by atoms with van der Waals surface area (Å²) in [5.41, 5.74) is 0. The first-order valence-corrected chi connectivity index (χ1v) is 14.6. The van der Waals surface area contributed by atoms with Gasteiger partial charge < -0.3 is 15.2 Å². The smallest absolute Gasteiger partial charge is 0.322 e. The van der Waals surface area contributed by atoms with Crippen LogP contribution in [0.4, 0.5) is 0 Å². The molecule has 0 saturated carbocycles. The molecule has 0 fully saturated rings. The summed E-state index contributed by atoms with van der Waals surface area (Å²) in [5.74, 6) is -1.35. The van der Waals surface area contributed by atoms with Crippen LogP contribution < -0.4 is 5.32 Å². The summed E-state index contributed by atoms with van der Waals surface area (Å²) in [4.78, 5) is 34.3. The normalized spacial score (nSPS) is 12.5. The number of hydrogen-bond acceptors (Lipinski definition) is 4. The third-order valence-electron chi connectivity index (χ3n) is 6.08. The van der Waals surface area contributed by atoms with E-state index in [2.05, 4.69) is 55.6 Å². The van der Waals surface area contributed by atoms with Gasteiger partial charge in [-0.15, -0.1) is 0 Å². The highest BCUT2D eigenvalue weighted by Gasteiger charge is 2.14. The fourth-order valence-corrected chi connectivity index (χ4v) is 3.92. The lowest BCUT2D eigenvalue weighted by Crippen LogP contribution is -2.28. The molecule has 212 valence electrons. The Labute approximate surface area is 226 Å². The number of hydrogen-bond donors (Lipinski definition) is 2. The molecule has 0 aliphatic rings. The van der Waals surface area contributed by atoms with Crippen LogP contribution in [0.15, 0.2) is 36.5 Å². The number of esters is 1. The summed E-state index contributed by atoms with van der Waals surface area (Å²) in [6, 6.07) is 0. The summed E-state index contributed by atoms with van der Waals surface area (Å²) in [7, 11) is 0. The molecule has 0 rings (SSSR count). The van der Waals surface area contributed by atoms with Crippen molar-refractivity contribution in [2.75, 3.05) is 6.54 Å². The largest absolute Gasteiger partial charge is 0.480 e. The van der Waals surface area contributed by atoms with Gasteiger partial charge >= 0.3 is 11.9 Å². The molecule has 6 nitrogen and oxygen atoms in total. The maximum Gasteiger partial charge on any atom is 0.322 e. The molecule has 1 amide bonds. The Kier molecular flexibility index (Phi) is 25.0. The predicted octanol–water partition coefficient (Wildman–Crippen LogP) is 7.83. The molecule has 0 radical (unpaired) electrons. The predicted molar refractivity (Wildman–Crippen MR) is 152 cm³/mol. The Balaban J connectivity index is 3.83. The average molecular weight is 520 g/mol. The van der Waals surface area contributed by atoms with Crippen molar-refractivity contribution in [3.05, 3.63) is 36.5 Å². The maximum atomic E-state index is 12.3. The second-order valence-corrected chi connectivity index (χ2v) is 9.62. The minimum atomic E-state index is -1.03. The third-order valence-corrected chi connectivity index (χ3v) is 6.08. The van der Waals surface area contributed by atoms with Crippen LogP contribution in [-0.4, -0.2) is 35.6 Å². The van der Waals surface area contributed by atoms with Crippen molar-refractivity contribution < 1.29 is 24.2 Å². The van der Waals surface area contributed by atoms with Gasteiger partial charge in [0.25, 0.3) is 0 Å². The molecule has 1 unspecified atom stereocenters. The van der Waals surface area contributed by atoms with E-state index in [4.69, 9.17) is 9.84 Å². The molecular weight excluding hydrogens is 466 g/mol. The fraction of sp³-hybridized carbons (Fsp3) is 0.710. The van der Waals surface area contributed by atoms with Gasteiger partial charge in [0, 0.05) is 12.8 Å². The molecule has 0 bridgehead atoms. The van der Waals surface area contributed by atoms with Crippen LogP contribution in [0.3, 0.4) is 0 Å². The van der Waals surface area contributed by atoms with E-state index >= 15 is 0 Å². The number of unbranched alkanes of at least 4 members (excludes halogenated alkanes) is 8. The number of carboxylic acids is 1. The Morgan fingerprint density at radius 3 is 2.03 bits per heavy atom. The molecule has 0 aromatic rings. The quantitative estimate of drug-likeness (QED) is 0.0728. The maximum absolute atomic E-state index is 12.3. The fourth-order valence-electron chi connectivity index (χ4n) is 3.92. The molecule has 0 aliphatic heterocycles. The van der Waals surface area contributed by atoms with Gasteiger partial charge in [-0.25, -0.2) is 0 Å². The Morgan fingerprint density at radius 2 is 1.32 bits per heavy atom. The van der Waals surface area contributed by atoms with Gasteiger partial charge in [-0.3, -0.25) is 14.4 Å². The number of ether oxygens (including phenoxy) is 1. The monoisotopic (exact) mass is 519 g/mol. The van der Waals surface area contributed by atoms with Crippen molar-refractivity contribution in [1.82, 2.24) is 5.32 Å². The van der Waals surface area contributed by atoms with Crippen LogP contribution >= 0.6 is 0 Å². The number of carbonyl (C=O) groups is 3. The highest BCUT2D eigenvalue weighted by molar-refractivity contribution is 5.80. The van der Waals surface area contributed by atoms with E-state index in [1.165, 1.54) is 12.8 Å². The Bertz CT molecular complexity index is 669. The summed E-state index contributed by atoms with van der Waals surface area (Å²) in [6.07, 6.45) is 30.2. The summed E-state index contributed by atoms with van der Waals surface area (Å²) < 4.78 is 5.76. The van der Waals surface area contributed by atoms with E-state index in [1.54, 1.807) is 0 Å². The number of aliphatic carboxylic acids is 1. The van der Waals surface area contributed by atoms with Crippen molar-refractivity contribution in [2.45, 2.75) is 136 Å². The zero-order valence-electron chi connectivity index (χ0n) is 23.6. The van der Waals surface area contributed by atoms with Crippen LogP contribution in [-0.2, 0) is 19.1 Å². The van der Waals surface area contributed by atoms with Gasteiger partial charge in [-0.1, -0.05) is 88.8 Å². The van der Waals surface area contributed by atoms with Crippen molar-refractivity contribution in [3.8, 4) is 0 Å². The van der Waals surface area contributed by atoms with Crippen molar-refractivity contribution in [1.29, 1.82) is 0 Å². The van der Waals surface area contributed by atoms with Gasteiger partial charge in [-0.05, 0) is 64.2 Å². The van der Waals surface area contributed by atoms with E-state index in [0.29, 0.717) is 19.3 Å². The van der Waals surface area contributed by atoms with E-state index in [-0.39, 0.29) is 24.5 Å². The zero-order valence-corrected chi connectivity index (χ0v) is 23.6. The Hall–Kier alpha value is -2.37. The minimum absolute atomic E-state index is 0.0391. The van der Waals surface area contributed by atoms with Gasteiger partial charge in [0.1, 0.15) is 12.6 Å². The SMILES string of the molecule is CC/C=C\C/C=C\C/C=C\CCCCCCCC(=O)OC(CCCC)CCCCCC(=O)NCC(=O)O. The first-order chi connectivity index (χ1) is 18.0. The van der Waals surface area contributed by atoms with Gasteiger partial charge in [0.15, 0.2) is 0 Å². The number of carboxylic acid groups (broad SMARTS) is 1. The van der Waals surface area contributed by atoms with Gasteiger partial charge in [-0.2, -0.15) is 0 Å². The molecule has 0 heterocycles. The lowest BCUT2D eigenvalue weighted by Gasteiger charge is -2.18. The highest BCUT2D eigenvalue weighted by atomic mass is 16.5. The van der Waals surface area contributed by atoms with Crippen molar-refractivity contribution >= 4 is 17.8 Å². The molecule has 0 spiro atoms. The molecule has 0 aromatic carbocycles. The average Bonchev–Trinajstić information content (AvgIpc) is 2.87. The molecular formula is C31H53NO5. The van der Waals surface area contributed by atoms with Crippen LogP contribution in [0.25, 0.3) is 0 Å². The molecule has 37 heavy (non-hydrogen) atoms. The second kappa shape index (κ2) is 26.7. The topological polar surface area (TPSA) is 92.7 Å². The number of allylic oxidation sites excluding steroid dienone is 6. The van der Waals surface area contributed by atoms with E-state index < -0.39 is 5.97 Å². The standard InChI is InChI=1S/C31H53NO5/c1-3-5-7-8-9-10-11-12-13-14-15-16-17-18-22-26-31(36)37-28(23-6-4-2)24-20-19-21-25-29(33)32-27-30(34)35/h5,7,9-10,12-13,28H,3-4,6,8,11,14-27H2,1-2H3,(H,32,33)(H,34,35)/b7-5-,10-9-,13-12-. The number of amides is 1. The van der Waals surface area contributed by atoms with Gasteiger partial charge in [0.05, 0.1) is 0 Å².